The zero-order valence-electron chi connectivity index (χ0n) is 10.7. The summed E-state index contributed by atoms with van der Waals surface area (Å²) < 4.78 is 5.98. The highest BCUT2D eigenvalue weighted by Crippen LogP contribution is 2.55. The van der Waals surface area contributed by atoms with Gasteiger partial charge in [-0.05, 0) is 69.6 Å². The van der Waals surface area contributed by atoms with Gasteiger partial charge in [0.2, 0.25) is 0 Å². The Morgan fingerprint density at radius 1 is 1.06 bits per heavy atom. The van der Waals surface area contributed by atoms with E-state index in [1.165, 1.54) is 32.1 Å². The second-order valence-electron chi connectivity index (χ2n) is 6.83. The summed E-state index contributed by atoms with van der Waals surface area (Å²) in [6, 6.07) is 0. The molecule has 17 heavy (non-hydrogen) atoms. The summed E-state index contributed by atoms with van der Waals surface area (Å²) in [7, 11) is 0. The summed E-state index contributed by atoms with van der Waals surface area (Å²) in [5.41, 5.74) is -1.03. The average Bonchev–Trinajstić information content (AvgIpc) is 2.22. The molecule has 4 saturated carbocycles. The van der Waals surface area contributed by atoms with Crippen molar-refractivity contribution < 1.29 is 14.6 Å². The number of rotatable bonds is 3. The predicted molar refractivity (Wildman–Crippen MR) is 63.6 cm³/mol. The second kappa shape index (κ2) is 3.71. The predicted octanol–water partition coefficient (Wildman–Crippen LogP) is 2.69. The summed E-state index contributed by atoms with van der Waals surface area (Å²) in [6.07, 6.45) is 6.71. The van der Waals surface area contributed by atoms with Crippen LogP contribution in [0.3, 0.4) is 0 Å². The first-order valence-electron chi connectivity index (χ1n) is 6.87. The van der Waals surface area contributed by atoms with E-state index in [-0.39, 0.29) is 6.10 Å². The Kier molecular flexibility index (Phi) is 2.51. The monoisotopic (exact) mass is 238 g/mol. The third-order valence-corrected chi connectivity index (χ3v) is 5.09. The normalized spacial score (nSPS) is 44.0. The SMILES string of the molecule is CC(C)(OC1C2CC3CC(C2)CC1C3)C(=O)O. The van der Waals surface area contributed by atoms with Crippen molar-refractivity contribution >= 4 is 5.97 Å². The van der Waals surface area contributed by atoms with Gasteiger partial charge in [-0.25, -0.2) is 4.79 Å². The zero-order valence-corrected chi connectivity index (χ0v) is 10.7. The molecule has 96 valence electrons. The molecular formula is C14H22O3. The molecule has 3 heteroatoms. The molecule has 0 spiro atoms. The Morgan fingerprint density at radius 3 is 1.94 bits per heavy atom. The van der Waals surface area contributed by atoms with Crippen LogP contribution in [-0.4, -0.2) is 22.8 Å². The van der Waals surface area contributed by atoms with E-state index in [2.05, 4.69) is 0 Å². The van der Waals surface area contributed by atoms with Gasteiger partial charge in [0, 0.05) is 0 Å². The minimum Gasteiger partial charge on any atom is -0.479 e. The third-order valence-electron chi connectivity index (χ3n) is 5.09. The van der Waals surface area contributed by atoms with Crippen molar-refractivity contribution in [1.82, 2.24) is 0 Å². The van der Waals surface area contributed by atoms with Gasteiger partial charge in [-0.15, -0.1) is 0 Å². The van der Waals surface area contributed by atoms with E-state index in [9.17, 15) is 9.90 Å². The maximum Gasteiger partial charge on any atom is 0.335 e. The molecular weight excluding hydrogens is 216 g/mol. The van der Waals surface area contributed by atoms with Gasteiger partial charge in [-0.2, -0.15) is 0 Å². The fourth-order valence-electron chi connectivity index (χ4n) is 4.46. The molecule has 0 amide bonds. The molecule has 4 aliphatic carbocycles. The summed E-state index contributed by atoms with van der Waals surface area (Å²) in [5, 5.41) is 9.17. The van der Waals surface area contributed by atoms with Gasteiger partial charge < -0.3 is 9.84 Å². The quantitative estimate of drug-likeness (QED) is 0.822. The summed E-state index contributed by atoms with van der Waals surface area (Å²) in [4.78, 5) is 11.2. The number of hydrogen-bond donors (Lipinski definition) is 1. The van der Waals surface area contributed by atoms with Crippen LogP contribution in [0.4, 0.5) is 0 Å². The summed E-state index contributed by atoms with van der Waals surface area (Å²) in [6.45, 7) is 3.36. The fraction of sp³-hybridized carbons (Fsp3) is 0.929. The van der Waals surface area contributed by atoms with E-state index >= 15 is 0 Å². The third kappa shape index (κ3) is 1.88. The van der Waals surface area contributed by atoms with Crippen LogP contribution in [0.25, 0.3) is 0 Å². The molecule has 0 unspecified atom stereocenters. The first-order valence-corrected chi connectivity index (χ1v) is 6.87. The molecule has 0 atom stereocenters. The van der Waals surface area contributed by atoms with Crippen LogP contribution in [0.15, 0.2) is 0 Å². The van der Waals surface area contributed by atoms with Gasteiger partial charge in [-0.3, -0.25) is 0 Å². The minimum atomic E-state index is -1.03. The van der Waals surface area contributed by atoms with Crippen molar-refractivity contribution in [3.05, 3.63) is 0 Å². The second-order valence-corrected chi connectivity index (χ2v) is 6.83. The van der Waals surface area contributed by atoms with Crippen molar-refractivity contribution in [2.24, 2.45) is 23.7 Å². The van der Waals surface area contributed by atoms with Crippen LogP contribution in [-0.2, 0) is 9.53 Å². The maximum absolute atomic E-state index is 11.2. The van der Waals surface area contributed by atoms with E-state index in [1.54, 1.807) is 13.8 Å². The molecule has 0 aliphatic heterocycles. The highest BCUT2D eigenvalue weighted by molar-refractivity contribution is 5.76. The lowest BCUT2D eigenvalue weighted by molar-refractivity contribution is -0.198. The van der Waals surface area contributed by atoms with Crippen molar-refractivity contribution in [3.63, 3.8) is 0 Å². The highest BCUT2D eigenvalue weighted by Gasteiger charge is 2.50. The molecule has 0 heterocycles. The Labute approximate surface area is 103 Å². The minimum absolute atomic E-state index is 0.203. The maximum atomic E-state index is 11.2. The Morgan fingerprint density at radius 2 is 1.53 bits per heavy atom. The fourth-order valence-corrected chi connectivity index (χ4v) is 4.46. The number of carboxylic acid groups (broad SMARTS) is 1. The molecule has 3 nitrogen and oxygen atoms in total. The molecule has 0 radical (unpaired) electrons. The van der Waals surface area contributed by atoms with Gasteiger partial charge in [0.05, 0.1) is 6.10 Å². The molecule has 0 aromatic heterocycles. The van der Waals surface area contributed by atoms with Crippen molar-refractivity contribution in [1.29, 1.82) is 0 Å². The molecule has 0 aromatic carbocycles. The van der Waals surface area contributed by atoms with Crippen LogP contribution in [0.1, 0.15) is 46.0 Å². The average molecular weight is 238 g/mol. The van der Waals surface area contributed by atoms with Crippen LogP contribution in [0.2, 0.25) is 0 Å². The largest absolute Gasteiger partial charge is 0.479 e. The first kappa shape index (κ1) is 11.5. The number of aliphatic carboxylic acids is 1. The lowest BCUT2D eigenvalue weighted by Crippen LogP contribution is -2.53. The molecule has 4 bridgehead atoms. The smallest absolute Gasteiger partial charge is 0.335 e. The van der Waals surface area contributed by atoms with Crippen molar-refractivity contribution in [3.8, 4) is 0 Å². The van der Waals surface area contributed by atoms with E-state index in [0.717, 1.165) is 11.8 Å². The number of hydrogen-bond acceptors (Lipinski definition) is 2. The van der Waals surface area contributed by atoms with Gasteiger partial charge in [-0.1, -0.05) is 0 Å². The summed E-state index contributed by atoms with van der Waals surface area (Å²) in [5.74, 6) is 2.23. The first-order chi connectivity index (χ1) is 7.95. The summed E-state index contributed by atoms with van der Waals surface area (Å²) >= 11 is 0. The molecule has 0 saturated heterocycles. The lowest BCUT2D eigenvalue weighted by atomic mass is 9.55. The van der Waals surface area contributed by atoms with Gasteiger partial charge >= 0.3 is 5.97 Å². The zero-order chi connectivity index (χ0) is 12.2. The standard InChI is InChI=1S/C14H22O3/c1-14(2,13(15)16)17-12-10-4-8-3-9(6-10)7-11(12)5-8/h8-12H,3-7H2,1-2H3,(H,15,16). The van der Waals surface area contributed by atoms with Crippen LogP contribution >= 0.6 is 0 Å². The molecule has 4 aliphatic rings. The van der Waals surface area contributed by atoms with E-state index in [4.69, 9.17) is 4.74 Å². The van der Waals surface area contributed by atoms with Crippen molar-refractivity contribution in [2.45, 2.75) is 57.7 Å². The van der Waals surface area contributed by atoms with Gasteiger partial charge in [0.1, 0.15) is 0 Å². The molecule has 4 rings (SSSR count). The van der Waals surface area contributed by atoms with Crippen LogP contribution < -0.4 is 0 Å². The Hall–Kier alpha value is -0.570. The number of ether oxygens (including phenoxy) is 1. The van der Waals surface area contributed by atoms with E-state index in [0.29, 0.717) is 11.8 Å². The number of carboxylic acids is 1. The number of carbonyl (C=O) groups is 1. The molecule has 0 aromatic rings. The van der Waals surface area contributed by atoms with Crippen molar-refractivity contribution in [2.75, 3.05) is 0 Å². The molecule has 4 fully saturated rings. The Bertz CT molecular complexity index is 306. The molecule has 1 N–H and O–H groups in total. The lowest BCUT2D eigenvalue weighted by Gasteiger charge is -2.55. The van der Waals surface area contributed by atoms with Crippen LogP contribution in [0, 0.1) is 23.7 Å². The highest BCUT2D eigenvalue weighted by atomic mass is 16.5. The van der Waals surface area contributed by atoms with Gasteiger partial charge in [0.25, 0.3) is 0 Å². The Balaban J connectivity index is 1.74. The van der Waals surface area contributed by atoms with E-state index in [1.807, 2.05) is 0 Å². The van der Waals surface area contributed by atoms with Gasteiger partial charge in [0.15, 0.2) is 5.60 Å². The van der Waals surface area contributed by atoms with E-state index < -0.39 is 11.6 Å². The topological polar surface area (TPSA) is 46.5 Å². The van der Waals surface area contributed by atoms with Crippen LogP contribution in [0.5, 0.6) is 0 Å².